The molecule has 3 aromatic rings. The van der Waals surface area contributed by atoms with Crippen molar-refractivity contribution in [2.45, 2.75) is 4.34 Å². The summed E-state index contributed by atoms with van der Waals surface area (Å²) in [5, 5.41) is 20.5. The molecule has 0 aliphatic rings. The lowest BCUT2D eigenvalue weighted by molar-refractivity contribution is -0.384. The topological polar surface area (TPSA) is 144 Å². The Hall–Kier alpha value is -2.80. The highest BCUT2D eigenvalue weighted by atomic mass is 35.5. The number of non-ortho nitro benzene ring substituents is 1. The molecule has 14 heteroatoms. The fraction of sp³-hybridized carbons (Fsp3) is 0. The maximum atomic E-state index is 12.5. The summed E-state index contributed by atoms with van der Waals surface area (Å²) in [6, 6.07) is 9.58. The molecule has 29 heavy (non-hydrogen) atoms. The average Bonchev–Trinajstić information content (AvgIpc) is 3.13. The van der Waals surface area contributed by atoms with E-state index in [1.165, 1.54) is 18.2 Å². The molecule has 0 spiro atoms. The van der Waals surface area contributed by atoms with Crippen LogP contribution in [0.3, 0.4) is 0 Å². The lowest BCUT2D eigenvalue weighted by Gasteiger charge is -2.06. The SMILES string of the molecule is O=C(Nc1nnc(S(=O)(=O)Nc2cc([N+](=O)[O-])ccc2Cl)s1)c1ccccc1Cl. The molecule has 0 saturated carbocycles. The van der Waals surface area contributed by atoms with Crippen LogP contribution < -0.4 is 10.0 Å². The van der Waals surface area contributed by atoms with Crippen LogP contribution in [0.5, 0.6) is 0 Å². The van der Waals surface area contributed by atoms with Crippen molar-refractivity contribution in [3.8, 4) is 0 Å². The molecule has 1 heterocycles. The lowest BCUT2D eigenvalue weighted by atomic mass is 10.2. The number of nitrogens with one attached hydrogen (secondary N) is 2. The Kier molecular flexibility index (Phi) is 5.98. The average molecular weight is 474 g/mol. The van der Waals surface area contributed by atoms with Gasteiger partial charge in [0.15, 0.2) is 0 Å². The van der Waals surface area contributed by atoms with Gasteiger partial charge in [-0.3, -0.25) is 24.9 Å². The molecule has 2 N–H and O–H groups in total. The van der Waals surface area contributed by atoms with E-state index >= 15 is 0 Å². The van der Waals surface area contributed by atoms with Crippen LogP contribution in [0.15, 0.2) is 46.8 Å². The van der Waals surface area contributed by atoms with Crippen LogP contribution in [0.2, 0.25) is 10.0 Å². The second-order valence-corrected chi connectivity index (χ2v) is 8.98. The summed E-state index contributed by atoms with van der Waals surface area (Å²) in [4.78, 5) is 22.4. The molecule has 2 aromatic carbocycles. The Morgan fingerprint density at radius 3 is 2.52 bits per heavy atom. The van der Waals surface area contributed by atoms with Gasteiger partial charge in [0.25, 0.3) is 26.0 Å². The lowest BCUT2D eigenvalue weighted by Crippen LogP contribution is -2.13. The second-order valence-electron chi connectivity index (χ2n) is 5.33. The molecule has 0 fully saturated rings. The van der Waals surface area contributed by atoms with Crippen molar-refractivity contribution in [2.75, 3.05) is 10.0 Å². The summed E-state index contributed by atoms with van der Waals surface area (Å²) in [5.41, 5.74) is -0.370. The summed E-state index contributed by atoms with van der Waals surface area (Å²) >= 11 is 12.4. The van der Waals surface area contributed by atoms with E-state index < -0.39 is 25.2 Å². The minimum Gasteiger partial charge on any atom is -0.296 e. The fourth-order valence-corrected chi connectivity index (χ4v) is 4.48. The molecule has 0 aliphatic carbocycles. The van der Waals surface area contributed by atoms with Gasteiger partial charge in [-0.15, -0.1) is 10.2 Å². The molecule has 0 radical (unpaired) electrons. The number of nitro benzene ring substituents is 1. The molecule has 3 rings (SSSR count). The smallest absolute Gasteiger partial charge is 0.291 e. The van der Waals surface area contributed by atoms with Gasteiger partial charge >= 0.3 is 0 Å². The Bertz CT molecular complexity index is 1220. The van der Waals surface area contributed by atoms with Crippen LogP contribution in [0, 0.1) is 10.1 Å². The van der Waals surface area contributed by atoms with Gasteiger partial charge in [0.1, 0.15) is 0 Å². The quantitative estimate of drug-likeness (QED) is 0.314. The number of benzene rings is 2. The number of anilines is 2. The van der Waals surface area contributed by atoms with E-state index in [0.29, 0.717) is 11.3 Å². The minimum atomic E-state index is -4.26. The molecule has 150 valence electrons. The molecule has 0 atom stereocenters. The van der Waals surface area contributed by atoms with E-state index in [2.05, 4.69) is 20.2 Å². The molecular weight excluding hydrogens is 465 g/mol. The number of hydrogen-bond donors (Lipinski definition) is 2. The van der Waals surface area contributed by atoms with Crippen LogP contribution in [0.4, 0.5) is 16.5 Å². The van der Waals surface area contributed by atoms with E-state index in [9.17, 15) is 23.3 Å². The first-order valence-electron chi connectivity index (χ1n) is 7.53. The second kappa shape index (κ2) is 8.29. The van der Waals surface area contributed by atoms with Gasteiger partial charge < -0.3 is 0 Å². The van der Waals surface area contributed by atoms with Crippen molar-refractivity contribution in [3.05, 3.63) is 68.2 Å². The number of carbonyl (C=O) groups excluding carboxylic acids is 1. The van der Waals surface area contributed by atoms with Crippen LogP contribution in [0.25, 0.3) is 0 Å². The first kappa shape index (κ1) is 20.9. The van der Waals surface area contributed by atoms with E-state index in [-0.39, 0.29) is 32.1 Å². The minimum absolute atomic E-state index is 0.0454. The molecule has 1 amide bonds. The van der Waals surface area contributed by atoms with Crippen molar-refractivity contribution in [1.29, 1.82) is 0 Å². The highest BCUT2D eigenvalue weighted by Gasteiger charge is 2.23. The van der Waals surface area contributed by atoms with Gasteiger partial charge in [0.05, 0.1) is 26.2 Å². The first-order valence-corrected chi connectivity index (χ1v) is 10.6. The third kappa shape index (κ3) is 4.79. The molecule has 0 unspecified atom stereocenters. The van der Waals surface area contributed by atoms with Gasteiger partial charge in [-0.2, -0.15) is 8.42 Å². The van der Waals surface area contributed by atoms with Gasteiger partial charge in [-0.1, -0.05) is 46.7 Å². The largest absolute Gasteiger partial charge is 0.296 e. The Labute approximate surface area is 177 Å². The molecule has 0 saturated heterocycles. The van der Waals surface area contributed by atoms with E-state index in [1.807, 2.05) is 0 Å². The summed E-state index contributed by atoms with van der Waals surface area (Å²) < 4.78 is 26.6. The van der Waals surface area contributed by atoms with Gasteiger partial charge in [-0.25, -0.2) is 0 Å². The normalized spacial score (nSPS) is 11.1. The highest BCUT2D eigenvalue weighted by molar-refractivity contribution is 7.94. The number of nitro groups is 1. The molecular formula is C15H9Cl2N5O5S2. The Morgan fingerprint density at radius 1 is 1.10 bits per heavy atom. The van der Waals surface area contributed by atoms with Crippen molar-refractivity contribution in [3.63, 3.8) is 0 Å². The fourth-order valence-electron chi connectivity index (χ4n) is 2.07. The number of sulfonamides is 1. The predicted octanol–water partition coefficient (Wildman–Crippen LogP) is 3.81. The monoisotopic (exact) mass is 473 g/mol. The van der Waals surface area contributed by atoms with Gasteiger partial charge in [0.2, 0.25) is 5.13 Å². The highest BCUT2D eigenvalue weighted by Crippen LogP contribution is 2.30. The van der Waals surface area contributed by atoms with E-state index in [0.717, 1.165) is 12.1 Å². The summed E-state index contributed by atoms with van der Waals surface area (Å²) in [6.07, 6.45) is 0. The van der Waals surface area contributed by atoms with Gasteiger partial charge in [-0.05, 0) is 18.2 Å². The van der Waals surface area contributed by atoms with Crippen LogP contribution in [-0.2, 0) is 10.0 Å². The number of halogens is 2. The predicted molar refractivity (Wildman–Crippen MR) is 108 cm³/mol. The number of nitrogens with zero attached hydrogens (tertiary/aromatic N) is 3. The zero-order chi connectivity index (χ0) is 21.2. The molecule has 0 aliphatic heterocycles. The van der Waals surface area contributed by atoms with Gasteiger partial charge in [0, 0.05) is 12.1 Å². The Morgan fingerprint density at radius 2 is 1.83 bits per heavy atom. The standard InChI is InChI=1S/C15H9Cl2N5O5S2/c16-10-4-2-1-3-9(10)13(23)18-14-19-20-15(28-14)29(26,27)21-12-7-8(22(24)25)5-6-11(12)17/h1-7,21H,(H,18,19,23). The van der Waals surface area contributed by atoms with Crippen molar-refractivity contribution in [2.24, 2.45) is 0 Å². The van der Waals surface area contributed by atoms with Crippen molar-refractivity contribution >= 4 is 67.0 Å². The van der Waals surface area contributed by atoms with Crippen LogP contribution >= 0.6 is 34.5 Å². The third-order valence-electron chi connectivity index (χ3n) is 3.38. The summed E-state index contributed by atoms with van der Waals surface area (Å²) in [5.74, 6) is -0.592. The van der Waals surface area contributed by atoms with Crippen molar-refractivity contribution < 1.29 is 18.1 Å². The molecule has 10 nitrogen and oxygen atoms in total. The molecule has 1 aromatic heterocycles. The number of hydrogen-bond acceptors (Lipinski definition) is 8. The Balaban J connectivity index is 1.81. The number of amides is 1. The zero-order valence-electron chi connectivity index (χ0n) is 14.0. The first-order chi connectivity index (χ1) is 13.7. The number of aromatic nitrogens is 2. The zero-order valence-corrected chi connectivity index (χ0v) is 17.1. The van der Waals surface area contributed by atoms with Crippen LogP contribution in [-0.4, -0.2) is 29.4 Å². The number of rotatable bonds is 6. The summed E-state index contributed by atoms with van der Waals surface area (Å²) in [6.45, 7) is 0. The maximum Gasteiger partial charge on any atom is 0.291 e. The summed E-state index contributed by atoms with van der Waals surface area (Å²) in [7, 11) is -4.26. The number of carbonyl (C=O) groups is 1. The maximum absolute atomic E-state index is 12.5. The third-order valence-corrected chi connectivity index (χ3v) is 6.61. The van der Waals surface area contributed by atoms with E-state index in [1.54, 1.807) is 12.1 Å². The van der Waals surface area contributed by atoms with Crippen LogP contribution in [0.1, 0.15) is 10.4 Å². The molecule has 0 bridgehead atoms. The van der Waals surface area contributed by atoms with E-state index in [4.69, 9.17) is 23.2 Å². The van der Waals surface area contributed by atoms with Crippen molar-refractivity contribution in [1.82, 2.24) is 10.2 Å².